The van der Waals surface area contributed by atoms with Gasteiger partial charge >= 0.3 is 6.18 Å². The Morgan fingerprint density at radius 2 is 1.78 bits per heavy atom. The van der Waals surface area contributed by atoms with Gasteiger partial charge in [0.05, 0.1) is 27.2 Å². The van der Waals surface area contributed by atoms with E-state index in [2.05, 4.69) is 16.8 Å². The number of amides is 1. The van der Waals surface area contributed by atoms with E-state index in [0.717, 1.165) is 31.1 Å². The van der Waals surface area contributed by atoms with Crippen molar-refractivity contribution in [3.05, 3.63) is 62.4 Å². The molecule has 1 saturated carbocycles. The number of fused-ring (bicyclic) bond motifs is 1. The van der Waals surface area contributed by atoms with Crippen molar-refractivity contribution in [2.45, 2.75) is 45.3 Å². The van der Waals surface area contributed by atoms with Crippen LogP contribution in [0.1, 0.15) is 52.6 Å². The Labute approximate surface area is 224 Å². The SMILES string of the molecule is Cc1cc(C(F)(F)F)cc2c1nc(Cc1c(Cl)ccc(C(=O)N3CCN(C4CC(C)C4)CC3)c1Cl)n2C. The Hall–Kier alpha value is -2.29. The molecule has 2 fully saturated rings. The highest BCUT2D eigenvalue weighted by Crippen LogP contribution is 2.36. The second-order valence-electron chi connectivity index (χ2n) is 10.4. The summed E-state index contributed by atoms with van der Waals surface area (Å²) in [6, 6.07) is 6.13. The molecule has 2 aliphatic rings. The number of hydrogen-bond acceptors (Lipinski definition) is 3. The van der Waals surface area contributed by atoms with Crippen molar-refractivity contribution in [2.24, 2.45) is 13.0 Å². The van der Waals surface area contributed by atoms with E-state index >= 15 is 0 Å². The molecule has 0 atom stereocenters. The maximum Gasteiger partial charge on any atom is 0.416 e. The lowest BCUT2D eigenvalue weighted by Crippen LogP contribution is -2.54. The van der Waals surface area contributed by atoms with E-state index in [1.165, 1.54) is 12.8 Å². The standard InChI is InChI=1S/C27H29Cl2F3N4O/c1-15-10-18(11-15)35-6-8-36(9-7-35)26(37)19-4-5-21(28)20(24(19)29)14-23-33-25-16(2)12-17(27(30,31)32)13-22(25)34(23)3/h4-5,12-13,15,18H,6-11,14H2,1-3H3. The molecule has 0 unspecified atom stereocenters. The van der Waals surface area contributed by atoms with Crippen LogP contribution in [-0.2, 0) is 19.6 Å². The number of aryl methyl sites for hydroxylation is 2. The van der Waals surface area contributed by atoms with Gasteiger partial charge in [-0.1, -0.05) is 30.1 Å². The molecular weight excluding hydrogens is 524 g/mol. The molecule has 3 aromatic rings. The van der Waals surface area contributed by atoms with E-state index in [0.29, 0.717) is 57.7 Å². The molecule has 5 rings (SSSR count). The highest BCUT2D eigenvalue weighted by molar-refractivity contribution is 6.38. The van der Waals surface area contributed by atoms with Crippen LogP contribution in [0.15, 0.2) is 24.3 Å². The van der Waals surface area contributed by atoms with Crippen LogP contribution in [0.25, 0.3) is 11.0 Å². The van der Waals surface area contributed by atoms with Crippen molar-refractivity contribution in [3.8, 4) is 0 Å². The second-order valence-corrected chi connectivity index (χ2v) is 11.2. The van der Waals surface area contributed by atoms with Gasteiger partial charge in [-0.05, 0) is 61.1 Å². The number of halogens is 5. The van der Waals surface area contributed by atoms with Gasteiger partial charge in [0.25, 0.3) is 5.91 Å². The van der Waals surface area contributed by atoms with E-state index in [4.69, 9.17) is 23.2 Å². The third-order valence-electron chi connectivity index (χ3n) is 7.82. The minimum absolute atomic E-state index is 0.139. The lowest BCUT2D eigenvalue weighted by molar-refractivity contribution is -0.137. The van der Waals surface area contributed by atoms with Gasteiger partial charge in [0.1, 0.15) is 5.82 Å². The highest BCUT2D eigenvalue weighted by atomic mass is 35.5. The first-order chi connectivity index (χ1) is 17.4. The van der Waals surface area contributed by atoms with Crippen LogP contribution < -0.4 is 0 Å². The van der Waals surface area contributed by atoms with Crippen molar-refractivity contribution in [2.75, 3.05) is 26.2 Å². The average molecular weight is 553 g/mol. The molecular formula is C27H29Cl2F3N4O. The van der Waals surface area contributed by atoms with Crippen LogP contribution in [-0.4, -0.2) is 57.5 Å². The summed E-state index contributed by atoms with van der Waals surface area (Å²) in [6.07, 6.45) is -1.83. The van der Waals surface area contributed by atoms with E-state index in [1.807, 2.05) is 4.90 Å². The molecule has 2 aromatic carbocycles. The van der Waals surface area contributed by atoms with E-state index in [-0.39, 0.29) is 17.4 Å². The summed E-state index contributed by atoms with van der Waals surface area (Å²) < 4.78 is 41.7. The summed E-state index contributed by atoms with van der Waals surface area (Å²) in [5.74, 6) is 1.15. The quantitative estimate of drug-likeness (QED) is 0.378. The van der Waals surface area contributed by atoms with Gasteiger partial charge < -0.3 is 9.47 Å². The lowest BCUT2D eigenvalue weighted by atomic mass is 9.80. The number of rotatable bonds is 4. The van der Waals surface area contributed by atoms with Gasteiger partial charge in [0.15, 0.2) is 0 Å². The minimum Gasteiger partial charge on any atom is -0.336 e. The molecule has 2 heterocycles. The fourth-order valence-electron chi connectivity index (χ4n) is 5.53. The predicted molar refractivity (Wildman–Crippen MR) is 139 cm³/mol. The van der Waals surface area contributed by atoms with Crippen molar-refractivity contribution < 1.29 is 18.0 Å². The fraction of sp³-hybridized carbons (Fsp3) is 0.481. The zero-order valence-electron chi connectivity index (χ0n) is 21.0. The number of piperazine rings is 1. The maximum atomic E-state index is 13.4. The Balaban J connectivity index is 1.39. The van der Waals surface area contributed by atoms with Crippen molar-refractivity contribution in [1.82, 2.24) is 19.4 Å². The Kier molecular flexibility index (Phi) is 6.96. The summed E-state index contributed by atoms with van der Waals surface area (Å²) in [5.41, 5.74) is 1.49. The number of aromatic nitrogens is 2. The Bertz CT molecular complexity index is 1360. The van der Waals surface area contributed by atoms with Crippen LogP contribution in [0, 0.1) is 12.8 Å². The first-order valence-corrected chi connectivity index (χ1v) is 13.2. The average Bonchev–Trinajstić information content (AvgIpc) is 3.15. The Morgan fingerprint density at radius 1 is 1.11 bits per heavy atom. The number of imidazole rings is 1. The van der Waals surface area contributed by atoms with Crippen LogP contribution >= 0.6 is 23.2 Å². The molecule has 0 spiro atoms. The molecule has 1 aromatic heterocycles. The topological polar surface area (TPSA) is 41.4 Å². The van der Waals surface area contributed by atoms with E-state index in [1.54, 1.807) is 30.7 Å². The van der Waals surface area contributed by atoms with Crippen molar-refractivity contribution in [1.29, 1.82) is 0 Å². The summed E-state index contributed by atoms with van der Waals surface area (Å²) in [4.78, 5) is 22.3. The highest BCUT2D eigenvalue weighted by Gasteiger charge is 2.34. The zero-order chi connectivity index (χ0) is 26.6. The van der Waals surface area contributed by atoms with Crippen LogP contribution in [0.5, 0.6) is 0 Å². The van der Waals surface area contributed by atoms with Crippen LogP contribution in [0.4, 0.5) is 13.2 Å². The molecule has 1 amide bonds. The number of benzene rings is 2. The molecule has 0 radical (unpaired) electrons. The molecule has 1 saturated heterocycles. The second kappa shape index (κ2) is 9.79. The number of carbonyl (C=O) groups is 1. The lowest BCUT2D eigenvalue weighted by Gasteiger charge is -2.45. The minimum atomic E-state index is -4.45. The summed E-state index contributed by atoms with van der Waals surface area (Å²) in [5, 5.41) is 0.637. The van der Waals surface area contributed by atoms with Crippen LogP contribution in [0.2, 0.25) is 10.0 Å². The largest absolute Gasteiger partial charge is 0.416 e. The molecule has 10 heteroatoms. The van der Waals surface area contributed by atoms with Gasteiger partial charge in [-0.25, -0.2) is 4.98 Å². The molecule has 0 N–H and O–H groups in total. The predicted octanol–water partition coefficient (Wildman–Crippen LogP) is 6.35. The Morgan fingerprint density at radius 3 is 2.41 bits per heavy atom. The molecule has 198 valence electrons. The van der Waals surface area contributed by atoms with Gasteiger partial charge in [-0.2, -0.15) is 13.2 Å². The third kappa shape index (κ3) is 4.95. The van der Waals surface area contributed by atoms with Crippen molar-refractivity contribution >= 4 is 40.1 Å². The molecule has 1 aliphatic heterocycles. The van der Waals surface area contributed by atoms with Gasteiger partial charge in [0.2, 0.25) is 0 Å². The normalized spacial score (nSPS) is 20.9. The van der Waals surface area contributed by atoms with Gasteiger partial charge in [-0.15, -0.1) is 0 Å². The number of carbonyl (C=O) groups excluding carboxylic acids is 1. The maximum absolute atomic E-state index is 13.4. The monoisotopic (exact) mass is 552 g/mol. The number of alkyl halides is 3. The van der Waals surface area contributed by atoms with Gasteiger partial charge in [-0.3, -0.25) is 9.69 Å². The number of hydrogen-bond donors (Lipinski definition) is 0. The summed E-state index contributed by atoms with van der Waals surface area (Å²) in [7, 11) is 1.67. The molecule has 5 nitrogen and oxygen atoms in total. The zero-order valence-corrected chi connectivity index (χ0v) is 22.5. The van der Waals surface area contributed by atoms with E-state index in [9.17, 15) is 18.0 Å². The summed E-state index contributed by atoms with van der Waals surface area (Å²) >= 11 is 13.2. The third-order valence-corrected chi connectivity index (χ3v) is 8.60. The fourth-order valence-corrected chi connectivity index (χ4v) is 6.11. The van der Waals surface area contributed by atoms with Gasteiger partial charge in [0, 0.05) is 50.7 Å². The number of nitrogens with zero attached hydrogens (tertiary/aromatic N) is 4. The van der Waals surface area contributed by atoms with E-state index < -0.39 is 11.7 Å². The summed E-state index contributed by atoms with van der Waals surface area (Å²) in [6.45, 7) is 6.86. The first kappa shape index (κ1) is 26.3. The first-order valence-electron chi connectivity index (χ1n) is 12.5. The van der Waals surface area contributed by atoms with Crippen LogP contribution in [0.3, 0.4) is 0 Å². The molecule has 1 aliphatic carbocycles. The smallest absolute Gasteiger partial charge is 0.336 e. The molecule has 0 bridgehead atoms. The van der Waals surface area contributed by atoms with Crippen molar-refractivity contribution in [3.63, 3.8) is 0 Å². The molecule has 37 heavy (non-hydrogen) atoms.